The van der Waals surface area contributed by atoms with Gasteiger partial charge in [-0.15, -0.1) is 0 Å². The quantitative estimate of drug-likeness (QED) is 0.610. The van der Waals surface area contributed by atoms with E-state index in [1.165, 1.54) is 0 Å². The third-order valence-electron chi connectivity index (χ3n) is 1.68. The van der Waals surface area contributed by atoms with E-state index in [1.54, 1.807) is 6.20 Å². The molecule has 0 fully saturated rings. The summed E-state index contributed by atoms with van der Waals surface area (Å²) in [6.45, 7) is 6.38. The number of hydrogen-bond acceptors (Lipinski definition) is 2. The predicted octanol–water partition coefficient (Wildman–Crippen LogP) is 1.30. The molecule has 0 saturated carbocycles. The average Bonchev–Trinajstić information content (AvgIpc) is 2.08. The van der Waals surface area contributed by atoms with E-state index in [2.05, 4.69) is 25.9 Å². The van der Waals surface area contributed by atoms with Crippen molar-refractivity contribution < 1.29 is 0 Å². The van der Waals surface area contributed by atoms with E-state index in [-0.39, 0.29) is 5.41 Å². The second-order valence-electron chi connectivity index (χ2n) is 3.82. The summed E-state index contributed by atoms with van der Waals surface area (Å²) in [5.74, 6) is 0. The highest BCUT2D eigenvalue weighted by Gasteiger charge is 2.20. The largest absolute Gasteiger partial charge is 0.396 e. The Bertz CT molecular complexity index is 235. The van der Waals surface area contributed by atoms with Crippen molar-refractivity contribution in [3.8, 4) is 0 Å². The number of rotatable bonds is 0. The normalized spacial score (nSPS) is 12.0. The van der Waals surface area contributed by atoms with E-state index < -0.39 is 0 Å². The van der Waals surface area contributed by atoms with Gasteiger partial charge >= 0.3 is 0 Å². The molecule has 3 nitrogen and oxygen atoms in total. The highest BCUT2D eigenvalue weighted by Crippen LogP contribution is 2.26. The predicted molar refractivity (Wildman–Crippen MR) is 46.3 cm³/mol. The van der Waals surface area contributed by atoms with E-state index >= 15 is 0 Å². The van der Waals surface area contributed by atoms with Crippen LogP contribution in [0.15, 0.2) is 6.20 Å². The van der Waals surface area contributed by atoms with E-state index in [0.717, 1.165) is 11.4 Å². The van der Waals surface area contributed by atoms with Crippen molar-refractivity contribution in [1.82, 2.24) is 9.78 Å². The van der Waals surface area contributed by atoms with Crippen molar-refractivity contribution in [3.05, 3.63) is 11.9 Å². The maximum Gasteiger partial charge on any atom is 0.0738 e. The fourth-order valence-corrected chi connectivity index (χ4v) is 1.37. The molecule has 0 aliphatic rings. The van der Waals surface area contributed by atoms with Crippen molar-refractivity contribution in [2.45, 2.75) is 26.2 Å². The summed E-state index contributed by atoms with van der Waals surface area (Å²) < 4.78 is 1.83. The summed E-state index contributed by atoms with van der Waals surface area (Å²) in [7, 11) is 1.91. The molecule has 2 N–H and O–H groups in total. The monoisotopic (exact) mass is 153 g/mol. The summed E-state index contributed by atoms with van der Waals surface area (Å²) in [6.07, 6.45) is 1.70. The zero-order valence-electron chi connectivity index (χ0n) is 7.55. The molecule has 1 heterocycles. The first-order valence-electron chi connectivity index (χ1n) is 3.71. The molecule has 0 aliphatic heterocycles. The van der Waals surface area contributed by atoms with Crippen LogP contribution in [0, 0.1) is 0 Å². The highest BCUT2D eigenvalue weighted by molar-refractivity contribution is 5.44. The van der Waals surface area contributed by atoms with Gasteiger partial charge in [0.1, 0.15) is 0 Å². The molecule has 0 spiro atoms. The third kappa shape index (κ3) is 1.37. The third-order valence-corrected chi connectivity index (χ3v) is 1.68. The number of nitrogens with zero attached hydrogens (tertiary/aromatic N) is 2. The van der Waals surface area contributed by atoms with Gasteiger partial charge in [0.2, 0.25) is 0 Å². The van der Waals surface area contributed by atoms with Crippen LogP contribution in [0.5, 0.6) is 0 Å². The molecule has 0 radical (unpaired) electrons. The van der Waals surface area contributed by atoms with E-state index in [1.807, 2.05) is 11.7 Å². The first-order valence-corrected chi connectivity index (χ1v) is 3.71. The Hall–Kier alpha value is -0.990. The van der Waals surface area contributed by atoms with Crippen LogP contribution in [-0.4, -0.2) is 9.78 Å². The van der Waals surface area contributed by atoms with Gasteiger partial charge < -0.3 is 5.73 Å². The lowest BCUT2D eigenvalue weighted by Crippen LogP contribution is -2.18. The van der Waals surface area contributed by atoms with Gasteiger partial charge in [0.25, 0.3) is 0 Å². The molecule has 1 rings (SSSR count). The van der Waals surface area contributed by atoms with Gasteiger partial charge in [-0.3, -0.25) is 4.68 Å². The lowest BCUT2D eigenvalue weighted by Gasteiger charge is -2.19. The van der Waals surface area contributed by atoms with Gasteiger partial charge in [0, 0.05) is 12.5 Å². The lowest BCUT2D eigenvalue weighted by atomic mass is 9.91. The summed E-state index contributed by atoms with van der Waals surface area (Å²) in [5, 5.41) is 4.07. The van der Waals surface area contributed by atoms with Crippen molar-refractivity contribution in [2.75, 3.05) is 5.73 Å². The molecule has 62 valence electrons. The van der Waals surface area contributed by atoms with E-state index in [4.69, 9.17) is 5.73 Å². The Morgan fingerprint density at radius 2 is 2.00 bits per heavy atom. The number of aryl methyl sites for hydroxylation is 1. The molecule has 0 aromatic carbocycles. The maximum absolute atomic E-state index is 5.74. The molecule has 0 saturated heterocycles. The minimum absolute atomic E-state index is 0.0787. The molecule has 0 bridgehead atoms. The van der Waals surface area contributed by atoms with Gasteiger partial charge in [-0.1, -0.05) is 20.8 Å². The zero-order chi connectivity index (χ0) is 8.65. The summed E-state index contributed by atoms with van der Waals surface area (Å²) in [5.41, 5.74) is 7.70. The van der Waals surface area contributed by atoms with Gasteiger partial charge in [-0.25, -0.2) is 0 Å². The first kappa shape index (κ1) is 8.11. The van der Waals surface area contributed by atoms with Crippen LogP contribution in [0.4, 0.5) is 5.69 Å². The lowest BCUT2D eigenvalue weighted by molar-refractivity contribution is 0.525. The second kappa shape index (κ2) is 2.26. The van der Waals surface area contributed by atoms with Crippen molar-refractivity contribution in [3.63, 3.8) is 0 Å². The van der Waals surface area contributed by atoms with Gasteiger partial charge in [0.05, 0.1) is 17.6 Å². The van der Waals surface area contributed by atoms with Crippen molar-refractivity contribution >= 4 is 5.69 Å². The molecular weight excluding hydrogens is 138 g/mol. The molecule has 0 unspecified atom stereocenters. The van der Waals surface area contributed by atoms with Gasteiger partial charge in [0.15, 0.2) is 0 Å². The zero-order valence-corrected chi connectivity index (χ0v) is 7.55. The van der Waals surface area contributed by atoms with Crippen molar-refractivity contribution in [2.24, 2.45) is 7.05 Å². The average molecular weight is 153 g/mol. The van der Waals surface area contributed by atoms with Gasteiger partial charge in [-0.2, -0.15) is 5.10 Å². The summed E-state index contributed by atoms with van der Waals surface area (Å²) >= 11 is 0. The number of aromatic nitrogens is 2. The first-order chi connectivity index (χ1) is 4.93. The van der Waals surface area contributed by atoms with E-state index in [0.29, 0.717) is 0 Å². The Morgan fingerprint density at radius 3 is 2.18 bits per heavy atom. The second-order valence-corrected chi connectivity index (χ2v) is 3.82. The van der Waals surface area contributed by atoms with Crippen molar-refractivity contribution in [1.29, 1.82) is 0 Å². The Labute approximate surface area is 67.2 Å². The molecule has 0 atom stereocenters. The number of anilines is 1. The van der Waals surface area contributed by atoms with Crippen LogP contribution in [0.1, 0.15) is 26.5 Å². The Morgan fingerprint density at radius 1 is 1.45 bits per heavy atom. The van der Waals surface area contributed by atoms with Crippen LogP contribution in [0.3, 0.4) is 0 Å². The number of hydrogen-bond donors (Lipinski definition) is 1. The number of nitrogens with two attached hydrogens (primary N) is 1. The van der Waals surface area contributed by atoms with Crippen LogP contribution in [0.25, 0.3) is 0 Å². The minimum atomic E-state index is 0.0787. The van der Waals surface area contributed by atoms with E-state index in [9.17, 15) is 0 Å². The fourth-order valence-electron chi connectivity index (χ4n) is 1.37. The summed E-state index contributed by atoms with van der Waals surface area (Å²) in [4.78, 5) is 0. The van der Waals surface area contributed by atoms with Crippen LogP contribution in [0.2, 0.25) is 0 Å². The Balaban J connectivity index is 3.21. The molecule has 1 aromatic rings. The minimum Gasteiger partial charge on any atom is -0.396 e. The van der Waals surface area contributed by atoms with Crippen LogP contribution in [-0.2, 0) is 12.5 Å². The molecule has 0 amide bonds. The van der Waals surface area contributed by atoms with Crippen LogP contribution < -0.4 is 5.73 Å². The standard InChI is InChI=1S/C8H15N3/c1-8(2,3)7-6(9)5-10-11(7)4/h5H,9H2,1-4H3. The molecule has 0 aliphatic carbocycles. The molecule has 11 heavy (non-hydrogen) atoms. The van der Waals surface area contributed by atoms with Gasteiger partial charge in [-0.05, 0) is 0 Å². The smallest absolute Gasteiger partial charge is 0.0738 e. The highest BCUT2D eigenvalue weighted by atomic mass is 15.3. The topological polar surface area (TPSA) is 43.8 Å². The molecule has 3 heteroatoms. The maximum atomic E-state index is 5.74. The SMILES string of the molecule is Cn1ncc(N)c1C(C)(C)C. The summed E-state index contributed by atoms with van der Waals surface area (Å²) in [6, 6.07) is 0. The van der Waals surface area contributed by atoms with Crippen LogP contribution >= 0.6 is 0 Å². The molecular formula is C8H15N3. The fraction of sp³-hybridized carbons (Fsp3) is 0.625. The molecule has 1 aromatic heterocycles. The Kier molecular flexibility index (Phi) is 1.66. The number of nitrogen functional groups attached to an aromatic ring is 1.